The molecule has 0 saturated carbocycles. The van der Waals surface area contributed by atoms with Crippen LogP contribution in [-0.4, -0.2) is 237 Å². The lowest BCUT2D eigenvalue weighted by Crippen LogP contribution is -2.33. The van der Waals surface area contributed by atoms with Gasteiger partial charge < -0.3 is 117 Å². The topological polar surface area (TPSA) is 366 Å². The molecule has 116 heavy (non-hydrogen) atoms. The second-order valence-electron chi connectivity index (χ2n) is 25.1. The Hall–Kier alpha value is -9.06. The van der Waals surface area contributed by atoms with Gasteiger partial charge in [0.1, 0.15) is 11.5 Å². The number of rotatable bonds is 59. The number of methoxy groups -OCH3 is 2. The molecule has 0 fully saturated rings. The fraction of sp³-hybridized carbons (Fsp3) is 0.436. The molecule has 0 atom stereocenters. The summed E-state index contributed by atoms with van der Waals surface area (Å²) in [6.07, 6.45) is 0. The van der Waals surface area contributed by atoms with E-state index in [0.717, 1.165) is 0 Å². The average Bonchev–Trinajstić information content (AvgIpc) is 0.773. The van der Waals surface area contributed by atoms with E-state index in [1.165, 1.54) is 71.9 Å². The lowest BCUT2D eigenvalue weighted by atomic mass is 10.1. The quantitative estimate of drug-likeness (QED) is 0.0153. The van der Waals surface area contributed by atoms with Gasteiger partial charge in [-0.15, -0.1) is 7.77 Å². The first-order valence-electron chi connectivity index (χ1n) is 36.9. The van der Waals surface area contributed by atoms with Crippen LogP contribution in [0.2, 0.25) is 10.0 Å². The number of hydrogen-bond donors (Lipinski definition) is 6. The summed E-state index contributed by atoms with van der Waals surface area (Å²) in [7, 11) is -3.63. The Kier molecular flexibility index (Phi) is 39.8. The molecule has 634 valence electrons. The number of carbonyl (C=O) groups excluding carboxylic acids is 2. The zero-order chi connectivity index (χ0) is 82.9. The molecule has 2 heterocycles. The second kappa shape index (κ2) is 49.9. The van der Waals surface area contributed by atoms with Gasteiger partial charge in [0.15, 0.2) is 24.7 Å². The van der Waals surface area contributed by atoms with Crippen molar-refractivity contribution in [3.8, 4) is 23.0 Å². The third-order valence-electron chi connectivity index (χ3n) is 16.7. The highest BCUT2D eigenvalue weighted by Crippen LogP contribution is 2.37. The van der Waals surface area contributed by atoms with E-state index in [1.807, 2.05) is 0 Å². The standard InChI is InChI=1S/C78H98Cl2F2N8O24S2/c1-89-75-57(43-61(49-69(75)99-3)87-67-47-59(11-13-65(67)79)85-51-55-7-5-9-63(41-55)115(81,95)96)45-71(77(89)93)113-53-73(91)83-15-17-101-19-21-103-23-25-105-27-29-107-31-33-109-35-37-111-39-40-112-38-36-110-34-32-108-30-28-106-26-24-104-22-20-102-18-16-84-74(92)54-114-72-46-58-44-62(50-70(100-4)76(58)90(2)78(72)94)88-68-48-60(12-14-66(68)80)86-52-56-8-6-10-64(42-56)116(82,97)98/h5-14,41-50,85-88H,15-40,51-54H2,1-4H3,(H,83,91)(H,84,92). The average molecular weight is 1700 g/mol. The van der Waals surface area contributed by atoms with E-state index >= 15 is 0 Å². The molecule has 8 aromatic rings. The normalized spacial score (nSPS) is 11.6. The molecular formula is C78H98Cl2F2N8O24S2. The summed E-state index contributed by atoms with van der Waals surface area (Å²) in [6.45, 7) is 8.89. The van der Waals surface area contributed by atoms with Crippen molar-refractivity contribution in [3.05, 3.63) is 163 Å². The zero-order valence-electron chi connectivity index (χ0n) is 64.8. The van der Waals surface area contributed by atoms with Gasteiger partial charge >= 0.3 is 20.4 Å². The first-order valence-corrected chi connectivity index (χ1v) is 40.4. The Morgan fingerprint density at radius 1 is 0.379 bits per heavy atom. The summed E-state index contributed by atoms with van der Waals surface area (Å²) in [6, 6.07) is 31.4. The number of halogens is 4. The van der Waals surface area contributed by atoms with Gasteiger partial charge in [0, 0.05) is 85.9 Å². The van der Waals surface area contributed by atoms with E-state index in [0.29, 0.717) is 234 Å². The van der Waals surface area contributed by atoms with Gasteiger partial charge in [-0.3, -0.25) is 19.2 Å². The first kappa shape index (κ1) is 92.5. The van der Waals surface area contributed by atoms with Crippen LogP contribution in [0, 0.1) is 0 Å². The van der Waals surface area contributed by atoms with Gasteiger partial charge in [-0.1, -0.05) is 47.5 Å². The number of aromatic nitrogens is 2. The Morgan fingerprint density at radius 2 is 0.681 bits per heavy atom. The molecule has 0 saturated heterocycles. The number of carbonyl (C=O) groups is 2. The molecule has 0 radical (unpaired) electrons. The van der Waals surface area contributed by atoms with E-state index in [1.54, 1.807) is 86.9 Å². The van der Waals surface area contributed by atoms with Crippen LogP contribution in [0.25, 0.3) is 21.8 Å². The SMILES string of the molecule is COc1cc(Nc2cc(NCc3cccc(S(=O)(=O)F)c3)ccc2Cl)cc2cc(OCC(=O)NCCOCCOCCOCCOCCOCCOCCOCCOCCOCCOCCOCCOCCNC(=O)COc3cc4cc(Nc5cc(NCc6cccc(S(=O)(=O)F)c6)ccc5Cl)cc(OC)c4n(C)c3=O)c(=O)n(C)c12. The van der Waals surface area contributed by atoms with E-state index in [-0.39, 0.29) is 50.9 Å². The van der Waals surface area contributed by atoms with Crippen molar-refractivity contribution in [2.75, 3.05) is 220 Å². The number of anilines is 6. The minimum atomic E-state index is -4.86. The lowest BCUT2D eigenvalue weighted by molar-refractivity contribution is -0.124. The highest BCUT2D eigenvalue weighted by atomic mass is 35.5. The fourth-order valence-electron chi connectivity index (χ4n) is 11.0. The van der Waals surface area contributed by atoms with E-state index in [4.69, 9.17) is 99.0 Å². The van der Waals surface area contributed by atoms with Gasteiger partial charge in [-0.05, 0) is 96.1 Å². The molecule has 0 aliphatic rings. The van der Waals surface area contributed by atoms with Crippen LogP contribution in [0.1, 0.15) is 11.1 Å². The molecule has 0 unspecified atom stereocenters. The maximum Gasteiger partial charge on any atom is 0.332 e. The first-order chi connectivity index (χ1) is 56.1. The van der Waals surface area contributed by atoms with Crippen LogP contribution in [0.5, 0.6) is 23.0 Å². The Balaban J connectivity index is 0.531. The Bertz CT molecular complexity index is 4510. The summed E-state index contributed by atoms with van der Waals surface area (Å²) < 4.78 is 165. The Labute approximate surface area is 681 Å². The maximum absolute atomic E-state index is 13.6. The molecular weight excluding hydrogens is 1610 g/mol. The van der Waals surface area contributed by atoms with Gasteiger partial charge in [0.2, 0.25) is 0 Å². The molecule has 0 bridgehead atoms. The van der Waals surface area contributed by atoms with Crippen molar-refractivity contribution in [1.82, 2.24) is 19.8 Å². The highest BCUT2D eigenvalue weighted by Gasteiger charge is 2.20. The molecule has 0 aliphatic heterocycles. The molecule has 6 aromatic carbocycles. The number of amides is 2. The van der Waals surface area contributed by atoms with Crippen molar-refractivity contribution < 1.29 is 110 Å². The molecule has 6 N–H and O–H groups in total. The Morgan fingerprint density at radius 3 is 0.974 bits per heavy atom. The van der Waals surface area contributed by atoms with Gasteiger partial charge in [-0.2, -0.15) is 16.8 Å². The summed E-state index contributed by atoms with van der Waals surface area (Å²) >= 11 is 13.1. The van der Waals surface area contributed by atoms with Crippen molar-refractivity contribution in [1.29, 1.82) is 0 Å². The predicted octanol–water partition coefficient (Wildman–Crippen LogP) is 8.63. The number of hydrogen-bond acceptors (Lipinski definition) is 28. The van der Waals surface area contributed by atoms with Crippen LogP contribution in [-0.2, 0) is 114 Å². The van der Waals surface area contributed by atoms with Crippen molar-refractivity contribution in [3.63, 3.8) is 0 Å². The molecule has 8 rings (SSSR count). The van der Waals surface area contributed by atoms with Crippen molar-refractivity contribution in [2.24, 2.45) is 14.1 Å². The van der Waals surface area contributed by atoms with Crippen LogP contribution < -0.4 is 62.0 Å². The molecule has 2 aromatic heterocycles. The van der Waals surface area contributed by atoms with Crippen molar-refractivity contribution in [2.45, 2.75) is 22.9 Å². The minimum Gasteiger partial charge on any atom is -0.494 e. The maximum atomic E-state index is 13.6. The van der Waals surface area contributed by atoms with Gasteiger partial charge in [0.25, 0.3) is 22.9 Å². The number of nitrogens with zero attached hydrogens (tertiary/aromatic N) is 2. The number of benzene rings is 6. The molecule has 32 nitrogen and oxygen atoms in total. The van der Waals surface area contributed by atoms with Gasteiger partial charge in [-0.25, -0.2) is 0 Å². The molecule has 38 heteroatoms. The summed E-state index contributed by atoms with van der Waals surface area (Å²) in [5.41, 5.74) is 4.51. The number of fused-ring (bicyclic) bond motifs is 2. The molecule has 0 spiro atoms. The van der Waals surface area contributed by atoms with Gasteiger partial charge in [0.05, 0.1) is 215 Å². The third-order valence-corrected chi connectivity index (χ3v) is 19.0. The van der Waals surface area contributed by atoms with Crippen LogP contribution >= 0.6 is 23.2 Å². The van der Waals surface area contributed by atoms with Crippen molar-refractivity contribution >= 4 is 111 Å². The number of pyridine rings is 2. The number of nitrogens with one attached hydrogen (secondary N) is 6. The highest BCUT2D eigenvalue weighted by molar-refractivity contribution is 7.86. The predicted molar refractivity (Wildman–Crippen MR) is 432 cm³/mol. The smallest absolute Gasteiger partial charge is 0.332 e. The number of ether oxygens (including phenoxy) is 16. The largest absolute Gasteiger partial charge is 0.494 e. The lowest BCUT2D eigenvalue weighted by Gasteiger charge is -2.16. The summed E-state index contributed by atoms with van der Waals surface area (Å²) in [5.74, 6) is -0.269. The summed E-state index contributed by atoms with van der Waals surface area (Å²) in [5, 5.41) is 20.2. The molecule has 2 amide bonds. The van der Waals surface area contributed by atoms with E-state index in [9.17, 15) is 43.8 Å². The second-order valence-corrected chi connectivity index (χ2v) is 28.6. The van der Waals surface area contributed by atoms with Crippen LogP contribution in [0.15, 0.2) is 141 Å². The monoisotopic (exact) mass is 1700 g/mol. The van der Waals surface area contributed by atoms with E-state index < -0.39 is 66.4 Å². The van der Waals surface area contributed by atoms with Crippen LogP contribution in [0.4, 0.5) is 41.9 Å². The third kappa shape index (κ3) is 32.1. The molecule has 0 aliphatic carbocycles. The minimum absolute atomic E-state index is 0.0567. The van der Waals surface area contributed by atoms with E-state index in [2.05, 4.69) is 31.9 Å². The zero-order valence-corrected chi connectivity index (χ0v) is 67.9. The number of aryl methyl sites for hydroxylation is 2. The summed E-state index contributed by atoms with van der Waals surface area (Å²) in [4.78, 5) is 51.1. The van der Waals surface area contributed by atoms with Crippen LogP contribution in [0.3, 0.4) is 0 Å². The fourth-order valence-corrected chi connectivity index (χ4v) is 12.4.